The van der Waals surface area contributed by atoms with Crippen molar-refractivity contribution in [2.45, 2.75) is 38.1 Å². The molecule has 0 spiro atoms. The fourth-order valence-electron chi connectivity index (χ4n) is 2.98. The van der Waals surface area contributed by atoms with E-state index in [1.165, 1.54) is 24.8 Å². The Morgan fingerprint density at radius 2 is 2.11 bits per heavy atom. The van der Waals surface area contributed by atoms with Crippen molar-refractivity contribution < 1.29 is 4.74 Å². The lowest BCUT2D eigenvalue weighted by Crippen LogP contribution is -2.55. The second kappa shape index (κ2) is 6.40. The third kappa shape index (κ3) is 3.28. The monoisotopic (exact) mass is 262 g/mol. The summed E-state index contributed by atoms with van der Waals surface area (Å²) in [6.45, 7) is 4.70. The summed E-state index contributed by atoms with van der Waals surface area (Å²) in [5.74, 6) is 0.994. The quantitative estimate of drug-likeness (QED) is 0.886. The van der Waals surface area contributed by atoms with Crippen LogP contribution in [0.4, 0.5) is 0 Å². The van der Waals surface area contributed by atoms with E-state index in [-0.39, 0.29) is 5.54 Å². The molecule has 19 heavy (non-hydrogen) atoms. The molecule has 0 aromatic heterocycles. The van der Waals surface area contributed by atoms with Crippen LogP contribution >= 0.6 is 0 Å². The first-order valence-electron chi connectivity index (χ1n) is 7.28. The van der Waals surface area contributed by atoms with Gasteiger partial charge in [-0.05, 0) is 45.0 Å². The van der Waals surface area contributed by atoms with E-state index in [1.54, 1.807) is 0 Å². The molecule has 0 amide bonds. The molecule has 0 bridgehead atoms. The Morgan fingerprint density at radius 1 is 1.32 bits per heavy atom. The van der Waals surface area contributed by atoms with Crippen LogP contribution in [0.3, 0.4) is 0 Å². The largest absolute Gasteiger partial charge is 0.493 e. The van der Waals surface area contributed by atoms with Gasteiger partial charge in [-0.1, -0.05) is 24.6 Å². The highest BCUT2D eigenvalue weighted by molar-refractivity contribution is 5.31. The van der Waals surface area contributed by atoms with E-state index in [1.807, 2.05) is 18.2 Å². The fourth-order valence-corrected chi connectivity index (χ4v) is 2.98. The van der Waals surface area contributed by atoms with Crippen molar-refractivity contribution in [2.24, 2.45) is 5.73 Å². The predicted octanol–water partition coefficient (Wildman–Crippen LogP) is 2.58. The Labute approximate surface area is 116 Å². The number of piperidine rings is 1. The molecule has 1 aliphatic rings. The molecule has 1 saturated heterocycles. The third-order valence-corrected chi connectivity index (χ3v) is 4.49. The molecule has 2 rings (SSSR count). The van der Waals surface area contributed by atoms with Gasteiger partial charge >= 0.3 is 0 Å². The van der Waals surface area contributed by atoms with Crippen LogP contribution in [-0.4, -0.2) is 37.2 Å². The standard InChI is InChI=1S/C16H26N2O/c1-14-7-3-4-8-15(14)19-12-10-16(13-17)9-5-6-11-18(16)2/h3-4,7-8H,5-6,9-13,17H2,1-2H3. The average Bonchev–Trinajstić information content (AvgIpc) is 2.43. The Kier molecular flexibility index (Phi) is 4.83. The lowest BCUT2D eigenvalue weighted by molar-refractivity contribution is 0.0578. The van der Waals surface area contributed by atoms with Crippen LogP contribution in [0.2, 0.25) is 0 Å². The minimum absolute atomic E-state index is 0.140. The number of likely N-dealkylation sites (tertiary alicyclic amines) is 1. The van der Waals surface area contributed by atoms with Gasteiger partial charge in [0.05, 0.1) is 6.61 Å². The van der Waals surface area contributed by atoms with Crippen molar-refractivity contribution in [1.82, 2.24) is 4.90 Å². The SMILES string of the molecule is Cc1ccccc1OCCC1(CN)CCCCN1C. The average molecular weight is 262 g/mol. The molecule has 1 aromatic rings. The summed E-state index contributed by atoms with van der Waals surface area (Å²) in [6, 6.07) is 8.18. The minimum Gasteiger partial charge on any atom is -0.493 e. The van der Waals surface area contributed by atoms with Crippen LogP contribution in [0, 0.1) is 6.92 Å². The number of nitrogens with two attached hydrogens (primary N) is 1. The number of aryl methyl sites for hydroxylation is 1. The van der Waals surface area contributed by atoms with Crippen LogP contribution < -0.4 is 10.5 Å². The van der Waals surface area contributed by atoms with Crippen molar-refractivity contribution in [2.75, 3.05) is 26.7 Å². The summed E-state index contributed by atoms with van der Waals surface area (Å²) < 4.78 is 5.93. The number of hydrogen-bond acceptors (Lipinski definition) is 3. The second-order valence-corrected chi connectivity index (χ2v) is 5.67. The zero-order valence-corrected chi connectivity index (χ0v) is 12.2. The number of nitrogens with zero attached hydrogens (tertiary/aromatic N) is 1. The highest BCUT2D eigenvalue weighted by atomic mass is 16.5. The molecule has 0 radical (unpaired) electrons. The van der Waals surface area contributed by atoms with Gasteiger partial charge in [0, 0.05) is 18.5 Å². The normalized spacial score (nSPS) is 24.4. The van der Waals surface area contributed by atoms with Gasteiger partial charge in [-0.15, -0.1) is 0 Å². The van der Waals surface area contributed by atoms with E-state index in [0.717, 1.165) is 31.9 Å². The Bertz CT molecular complexity index is 407. The van der Waals surface area contributed by atoms with E-state index in [9.17, 15) is 0 Å². The van der Waals surface area contributed by atoms with Gasteiger partial charge in [-0.2, -0.15) is 0 Å². The van der Waals surface area contributed by atoms with Crippen LogP contribution in [-0.2, 0) is 0 Å². The molecule has 106 valence electrons. The molecular formula is C16H26N2O. The van der Waals surface area contributed by atoms with Gasteiger partial charge in [0.15, 0.2) is 0 Å². The smallest absolute Gasteiger partial charge is 0.122 e. The van der Waals surface area contributed by atoms with Crippen LogP contribution in [0.5, 0.6) is 5.75 Å². The lowest BCUT2D eigenvalue weighted by Gasteiger charge is -2.44. The van der Waals surface area contributed by atoms with Crippen molar-refractivity contribution in [3.63, 3.8) is 0 Å². The number of para-hydroxylation sites is 1. The zero-order chi connectivity index (χ0) is 13.7. The van der Waals surface area contributed by atoms with Crippen molar-refractivity contribution in [3.8, 4) is 5.75 Å². The first kappa shape index (κ1) is 14.4. The summed E-state index contributed by atoms with van der Waals surface area (Å²) in [5.41, 5.74) is 7.38. The van der Waals surface area contributed by atoms with Crippen molar-refractivity contribution in [3.05, 3.63) is 29.8 Å². The predicted molar refractivity (Wildman–Crippen MR) is 79.6 cm³/mol. The number of likely N-dealkylation sites (N-methyl/N-ethyl adjacent to an activating group) is 1. The summed E-state index contributed by atoms with van der Waals surface area (Å²) in [4.78, 5) is 2.43. The van der Waals surface area contributed by atoms with E-state index >= 15 is 0 Å². The first-order chi connectivity index (χ1) is 9.18. The molecule has 1 fully saturated rings. The van der Waals surface area contributed by atoms with E-state index < -0.39 is 0 Å². The van der Waals surface area contributed by atoms with Gasteiger partial charge < -0.3 is 10.5 Å². The number of hydrogen-bond donors (Lipinski definition) is 1. The highest BCUT2D eigenvalue weighted by Gasteiger charge is 2.35. The summed E-state index contributed by atoms with van der Waals surface area (Å²) >= 11 is 0. The maximum Gasteiger partial charge on any atom is 0.122 e. The Hall–Kier alpha value is -1.06. The Morgan fingerprint density at radius 3 is 2.79 bits per heavy atom. The second-order valence-electron chi connectivity index (χ2n) is 5.67. The topological polar surface area (TPSA) is 38.5 Å². The van der Waals surface area contributed by atoms with E-state index in [2.05, 4.69) is 24.9 Å². The maximum absolute atomic E-state index is 6.04. The molecule has 3 nitrogen and oxygen atoms in total. The van der Waals surface area contributed by atoms with Gasteiger partial charge in [0.25, 0.3) is 0 Å². The van der Waals surface area contributed by atoms with Crippen LogP contribution in [0.1, 0.15) is 31.2 Å². The van der Waals surface area contributed by atoms with Gasteiger partial charge in [-0.3, -0.25) is 4.90 Å². The van der Waals surface area contributed by atoms with E-state index in [0.29, 0.717) is 0 Å². The molecule has 0 saturated carbocycles. The molecule has 2 N–H and O–H groups in total. The summed E-state index contributed by atoms with van der Waals surface area (Å²) in [5, 5.41) is 0. The van der Waals surface area contributed by atoms with Crippen LogP contribution in [0.25, 0.3) is 0 Å². The molecule has 1 atom stereocenters. The summed E-state index contributed by atoms with van der Waals surface area (Å²) in [6.07, 6.45) is 4.77. The number of benzene rings is 1. The maximum atomic E-state index is 6.04. The fraction of sp³-hybridized carbons (Fsp3) is 0.625. The van der Waals surface area contributed by atoms with Crippen molar-refractivity contribution >= 4 is 0 Å². The van der Waals surface area contributed by atoms with Gasteiger partial charge in [0.2, 0.25) is 0 Å². The molecule has 1 unspecified atom stereocenters. The molecule has 1 aliphatic heterocycles. The lowest BCUT2D eigenvalue weighted by atomic mass is 9.84. The zero-order valence-electron chi connectivity index (χ0n) is 12.2. The van der Waals surface area contributed by atoms with Gasteiger partial charge in [-0.25, -0.2) is 0 Å². The number of rotatable bonds is 5. The van der Waals surface area contributed by atoms with Crippen LogP contribution in [0.15, 0.2) is 24.3 Å². The highest BCUT2D eigenvalue weighted by Crippen LogP contribution is 2.29. The molecule has 3 heteroatoms. The third-order valence-electron chi connectivity index (χ3n) is 4.49. The molecular weight excluding hydrogens is 236 g/mol. The van der Waals surface area contributed by atoms with Gasteiger partial charge in [0.1, 0.15) is 5.75 Å². The van der Waals surface area contributed by atoms with Crippen molar-refractivity contribution in [1.29, 1.82) is 0 Å². The Balaban J connectivity index is 1.92. The minimum atomic E-state index is 0.140. The molecule has 1 aromatic carbocycles. The number of ether oxygens (including phenoxy) is 1. The molecule has 0 aliphatic carbocycles. The van der Waals surface area contributed by atoms with E-state index in [4.69, 9.17) is 10.5 Å². The summed E-state index contributed by atoms with van der Waals surface area (Å²) in [7, 11) is 2.19. The molecule has 1 heterocycles. The first-order valence-corrected chi connectivity index (χ1v) is 7.28.